The number of nitrogens with two attached hydrogens (primary N) is 1. The normalized spacial score (nSPS) is 23.8. The Morgan fingerprint density at radius 3 is 2.60 bits per heavy atom. The number of amides is 1. The van der Waals surface area contributed by atoms with E-state index < -0.39 is 28.3 Å². The molecule has 0 saturated carbocycles. The molecule has 2 atom stereocenters. The molecule has 4 nitrogen and oxygen atoms in total. The summed E-state index contributed by atoms with van der Waals surface area (Å²) in [5.41, 5.74) is 5.25. The zero-order valence-corrected chi connectivity index (χ0v) is 11.6. The molecule has 0 aromatic heterocycles. The standard InChI is InChI=1S/C13H16F2N2O2S/c14-9-2-1-3-10(15)11(9)8(4-6-18)13(12(16)19)17-5-7-20-13/h1-3,8,17-18H,4-7H2,(H2,16,19). The first-order chi connectivity index (χ1) is 9.53. The van der Waals surface area contributed by atoms with Crippen molar-refractivity contribution in [1.29, 1.82) is 0 Å². The lowest BCUT2D eigenvalue weighted by Gasteiger charge is -2.34. The van der Waals surface area contributed by atoms with Crippen LogP contribution in [-0.2, 0) is 4.79 Å². The van der Waals surface area contributed by atoms with Gasteiger partial charge in [-0.15, -0.1) is 11.8 Å². The van der Waals surface area contributed by atoms with Crippen molar-refractivity contribution >= 4 is 17.7 Å². The van der Waals surface area contributed by atoms with Crippen molar-refractivity contribution < 1.29 is 18.7 Å². The number of thioether (sulfide) groups is 1. The highest BCUT2D eigenvalue weighted by molar-refractivity contribution is 8.01. The lowest BCUT2D eigenvalue weighted by Crippen LogP contribution is -2.54. The van der Waals surface area contributed by atoms with E-state index in [1.54, 1.807) is 0 Å². The van der Waals surface area contributed by atoms with Gasteiger partial charge in [0.25, 0.3) is 0 Å². The summed E-state index contributed by atoms with van der Waals surface area (Å²) in [5, 5.41) is 12.2. The van der Waals surface area contributed by atoms with Gasteiger partial charge in [-0.05, 0) is 18.6 Å². The third-order valence-corrected chi connectivity index (χ3v) is 4.94. The molecule has 0 radical (unpaired) electrons. The third-order valence-electron chi connectivity index (χ3n) is 3.44. The first-order valence-electron chi connectivity index (χ1n) is 6.26. The monoisotopic (exact) mass is 302 g/mol. The van der Waals surface area contributed by atoms with Gasteiger partial charge in [0.15, 0.2) is 4.87 Å². The van der Waals surface area contributed by atoms with Crippen LogP contribution in [0.1, 0.15) is 17.9 Å². The van der Waals surface area contributed by atoms with E-state index >= 15 is 0 Å². The molecule has 4 N–H and O–H groups in total. The first-order valence-corrected chi connectivity index (χ1v) is 7.25. The molecule has 2 rings (SSSR count). The Balaban J connectivity index is 2.53. The van der Waals surface area contributed by atoms with Crippen LogP contribution in [-0.4, -0.2) is 34.8 Å². The number of carbonyl (C=O) groups excluding carboxylic acids is 1. The number of halogens is 2. The van der Waals surface area contributed by atoms with Crippen molar-refractivity contribution in [3.8, 4) is 0 Å². The number of carbonyl (C=O) groups is 1. The summed E-state index contributed by atoms with van der Waals surface area (Å²) < 4.78 is 28.0. The van der Waals surface area contributed by atoms with Crippen LogP contribution in [0, 0.1) is 11.6 Å². The molecular weight excluding hydrogens is 286 g/mol. The van der Waals surface area contributed by atoms with Crippen LogP contribution in [0.15, 0.2) is 18.2 Å². The lowest BCUT2D eigenvalue weighted by atomic mass is 9.86. The smallest absolute Gasteiger partial charge is 0.248 e. The number of benzene rings is 1. The Hall–Kier alpha value is -1.18. The van der Waals surface area contributed by atoms with Gasteiger partial charge in [0.1, 0.15) is 11.6 Å². The molecule has 2 unspecified atom stereocenters. The van der Waals surface area contributed by atoms with Crippen molar-refractivity contribution in [2.24, 2.45) is 5.73 Å². The number of rotatable bonds is 5. The fourth-order valence-electron chi connectivity index (χ4n) is 2.58. The van der Waals surface area contributed by atoms with Gasteiger partial charge < -0.3 is 10.8 Å². The Labute approximate surface area is 119 Å². The molecule has 1 fully saturated rings. The second kappa shape index (κ2) is 6.07. The number of primary amides is 1. The van der Waals surface area contributed by atoms with Crippen LogP contribution in [0.2, 0.25) is 0 Å². The van der Waals surface area contributed by atoms with Gasteiger partial charge in [0, 0.05) is 30.4 Å². The van der Waals surface area contributed by atoms with Crippen molar-refractivity contribution in [3.05, 3.63) is 35.4 Å². The lowest BCUT2D eigenvalue weighted by molar-refractivity contribution is -0.121. The van der Waals surface area contributed by atoms with Gasteiger partial charge in [-0.2, -0.15) is 0 Å². The van der Waals surface area contributed by atoms with E-state index in [0.717, 1.165) is 12.1 Å². The van der Waals surface area contributed by atoms with E-state index in [9.17, 15) is 18.7 Å². The van der Waals surface area contributed by atoms with E-state index in [2.05, 4.69) is 5.32 Å². The highest BCUT2D eigenvalue weighted by Crippen LogP contribution is 2.43. The summed E-state index contributed by atoms with van der Waals surface area (Å²) in [7, 11) is 0. The number of hydrogen-bond acceptors (Lipinski definition) is 4. The van der Waals surface area contributed by atoms with Crippen LogP contribution >= 0.6 is 11.8 Å². The summed E-state index contributed by atoms with van der Waals surface area (Å²) in [4.78, 5) is 10.6. The van der Waals surface area contributed by atoms with E-state index in [0.29, 0.717) is 12.3 Å². The number of hydrogen-bond donors (Lipinski definition) is 3. The molecule has 1 heterocycles. The Morgan fingerprint density at radius 1 is 1.50 bits per heavy atom. The van der Waals surface area contributed by atoms with Crippen molar-refractivity contribution in [2.75, 3.05) is 18.9 Å². The van der Waals surface area contributed by atoms with E-state index in [-0.39, 0.29) is 18.6 Å². The van der Waals surface area contributed by atoms with Crippen molar-refractivity contribution in [3.63, 3.8) is 0 Å². The fraction of sp³-hybridized carbons (Fsp3) is 0.462. The predicted molar refractivity (Wildman–Crippen MR) is 73.2 cm³/mol. The minimum absolute atomic E-state index is 0.0425. The Morgan fingerprint density at radius 2 is 2.15 bits per heavy atom. The molecule has 110 valence electrons. The number of aliphatic hydroxyl groups is 1. The van der Waals surface area contributed by atoms with E-state index in [1.165, 1.54) is 17.8 Å². The molecule has 1 amide bonds. The van der Waals surface area contributed by atoms with Gasteiger partial charge in [-0.3, -0.25) is 10.1 Å². The molecule has 0 aliphatic carbocycles. The molecule has 0 spiro atoms. The average Bonchev–Trinajstić information content (AvgIpc) is 2.88. The van der Waals surface area contributed by atoms with Crippen molar-refractivity contribution in [2.45, 2.75) is 17.2 Å². The summed E-state index contributed by atoms with van der Waals surface area (Å²) >= 11 is 1.23. The second-order valence-corrected chi connectivity index (χ2v) is 5.92. The van der Waals surface area contributed by atoms with E-state index in [1.807, 2.05) is 0 Å². The van der Waals surface area contributed by atoms with Gasteiger partial charge in [-0.25, -0.2) is 8.78 Å². The minimum atomic E-state index is -1.29. The van der Waals surface area contributed by atoms with E-state index in [4.69, 9.17) is 5.73 Å². The zero-order valence-electron chi connectivity index (χ0n) is 10.7. The highest BCUT2D eigenvalue weighted by Gasteiger charge is 2.49. The molecule has 0 bridgehead atoms. The first kappa shape index (κ1) is 15.2. The van der Waals surface area contributed by atoms with Crippen molar-refractivity contribution in [1.82, 2.24) is 5.32 Å². The SMILES string of the molecule is NC(=O)C1(C(CCO)c2c(F)cccc2F)NCCS1. The van der Waals surface area contributed by atoms with Crippen LogP contribution in [0.3, 0.4) is 0 Å². The Bertz CT molecular complexity index is 487. The number of nitrogens with one attached hydrogen (secondary N) is 1. The van der Waals surface area contributed by atoms with Gasteiger partial charge in [-0.1, -0.05) is 6.07 Å². The summed E-state index contributed by atoms with van der Waals surface area (Å²) in [6.45, 7) is 0.224. The molecule has 1 aromatic carbocycles. The summed E-state index contributed by atoms with van der Waals surface area (Å²) in [5.74, 6) is -2.41. The minimum Gasteiger partial charge on any atom is -0.396 e. The van der Waals surface area contributed by atoms with Crippen LogP contribution in [0.5, 0.6) is 0 Å². The molecule has 1 aliphatic rings. The predicted octanol–water partition coefficient (Wildman–Crippen LogP) is 0.949. The molecule has 1 saturated heterocycles. The molecule has 1 aromatic rings. The zero-order chi connectivity index (χ0) is 14.8. The largest absolute Gasteiger partial charge is 0.396 e. The van der Waals surface area contributed by atoms with Crippen LogP contribution < -0.4 is 11.1 Å². The maximum Gasteiger partial charge on any atom is 0.248 e. The average molecular weight is 302 g/mol. The number of aliphatic hydroxyl groups excluding tert-OH is 1. The van der Waals surface area contributed by atoms with Gasteiger partial charge in [0.05, 0.1) is 0 Å². The highest BCUT2D eigenvalue weighted by atomic mass is 32.2. The van der Waals surface area contributed by atoms with Gasteiger partial charge >= 0.3 is 0 Å². The van der Waals surface area contributed by atoms with Crippen LogP contribution in [0.4, 0.5) is 8.78 Å². The van der Waals surface area contributed by atoms with Crippen LogP contribution in [0.25, 0.3) is 0 Å². The fourth-order valence-corrected chi connectivity index (χ4v) is 3.89. The molecule has 1 aliphatic heterocycles. The summed E-state index contributed by atoms with van der Waals surface area (Å²) in [6, 6.07) is 3.53. The second-order valence-electron chi connectivity index (χ2n) is 4.58. The third kappa shape index (κ3) is 2.53. The maximum absolute atomic E-state index is 14.0. The summed E-state index contributed by atoms with van der Waals surface area (Å²) in [6.07, 6.45) is 0.0425. The topological polar surface area (TPSA) is 75.4 Å². The van der Waals surface area contributed by atoms with Gasteiger partial charge in [0.2, 0.25) is 5.91 Å². The molecule has 20 heavy (non-hydrogen) atoms. The quantitative estimate of drug-likeness (QED) is 0.757. The Kier molecular flexibility index (Phi) is 4.62. The molecular formula is C13H16F2N2O2S. The molecule has 7 heteroatoms. The maximum atomic E-state index is 14.0.